The minimum Gasteiger partial charge on any atom is -0.301 e. The quantitative estimate of drug-likeness (QED) is 0.846. The van der Waals surface area contributed by atoms with E-state index in [2.05, 4.69) is 53.4 Å². The van der Waals surface area contributed by atoms with E-state index in [1.54, 1.807) is 0 Å². The molecule has 1 aliphatic heterocycles. The molecule has 1 heterocycles. The second-order valence-electron chi connectivity index (χ2n) is 7.33. The van der Waals surface area contributed by atoms with E-state index < -0.39 is 0 Å². The Hall–Kier alpha value is -1.93. The van der Waals surface area contributed by atoms with Crippen LogP contribution in [-0.4, -0.2) is 30.3 Å². The summed E-state index contributed by atoms with van der Waals surface area (Å²) in [5.74, 6) is 0.990. The predicted molar refractivity (Wildman–Crippen MR) is 90.8 cm³/mol. The highest BCUT2D eigenvalue weighted by Crippen LogP contribution is 2.60. The van der Waals surface area contributed by atoms with Gasteiger partial charge in [0.1, 0.15) is 5.78 Å². The van der Waals surface area contributed by atoms with E-state index in [4.69, 9.17) is 0 Å². The van der Waals surface area contributed by atoms with Crippen LogP contribution in [0.3, 0.4) is 0 Å². The number of Topliss-reactive ketones (excluding diaryl/α,β-unsaturated/α-hetero) is 1. The first-order chi connectivity index (χ1) is 11.3. The monoisotopic (exact) mass is 303 g/mol. The Morgan fingerprint density at radius 2 is 1.48 bits per heavy atom. The van der Waals surface area contributed by atoms with Crippen molar-refractivity contribution in [2.75, 3.05) is 19.6 Å². The van der Waals surface area contributed by atoms with Gasteiger partial charge < -0.3 is 4.90 Å². The minimum absolute atomic E-state index is 0.137. The Kier molecular flexibility index (Phi) is 2.81. The lowest BCUT2D eigenvalue weighted by molar-refractivity contribution is -0.121. The van der Waals surface area contributed by atoms with E-state index in [0.29, 0.717) is 11.7 Å². The fourth-order valence-electron chi connectivity index (χ4n) is 5.15. The van der Waals surface area contributed by atoms with E-state index in [1.807, 2.05) is 0 Å². The number of rotatable bonds is 2. The van der Waals surface area contributed by atoms with Crippen molar-refractivity contribution in [3.05, 3.63) is 70.8 Å². The zero-order valence-electron chi connectivity index (χ0n) is 13.3. The van der Waals surface area contributed by atoms with Gasteiger partial charge in [0.15, 0.2) is 0 Å². The van der Waals surface area contributed by atoms with Crippen molar-refractivity contribution < 1.29 is 4.79 Å². The summed E-state index contributed by atoms with van der Waals surface area (Å²) in [6, 6.07) is 18.0. The van der Waals surface area contributed by atoms with Gasteiger partial charge in [-0.05, 0) is 28.7 Å². The first-order valence-electron chi connectivity index (χ1n) is 8.71. The zero-order chi connectivity index (χ0) is 15.4. The highest BCUT2D eigenvalue weighted by atomic mass is 16.1. The molecule has 0 amide bonds. The normalized spacial score (nSPS) is 28.7. The van der Waals surface area contributed by atoms with Gasteiger partial charge in [-0.25, -0.2) is 0 Å². The molecule has 1 saturated heterocycles. The smallest absolute Gasteiger partial charge is 0.135 e. The third kappa shape index (κ3) is 1.82. The number of hydrogen-bond acceptors (Lipinski definition) is 2. The molecule has 0 atom stereocenters. The van der Waals surface area contributed by atoms with Crippen LogP contribution < -0.4 is 0 Å². The van der Waals surface area contributed by atoms with Crippen LogP contribution in [0, 0.1) is 0 Å². The lowest BCUT2D eigenvalue weighted by Gasteiger charge is -2.38. The molecule has 2 bridgehead atoms. The highest BCUT2D eigenvalue weighted by molar-refractivity contribution is 5.79. The average Bonchev–Trinajstić information content (AvgIpc) is 3.10. The number of nitrogens with zero attached hydrogens (tertiary/aromatic N) is 1. The third-order valence-electron chi connectivity index (χ3n) is 6.16. The summed E-state index contributed by atoms with van der Waals surface area (Å²) in [6.07, 6.45) is 2.65. The Bertz CT molecular complexity index is 736. The molecule has 2 aromatic rings. The van der Waals surface area contributed by atoms with Gasteiger partial charge >= 0.3 is 0 Å². The highest BCUT2D eigenvalue weighted by Gasteiger charge is 2.53. The molecule has 2 aromatic carbocycles. The summed E-state index contributed by atoms with van der Waals surface area (Å²) in [7, 11) is 0. The molecule has 2 heteroatoms. The first-order valence-corrected chi connectivity index (χ1v) is 8.71. The lowest BCUT2D eigenvalue weighted by Crippen LogP contribution is -2.43. The van der Waals surface area contributed by atoms with Gasteiger partial charge in [0.25, 0.3) is 0 Å². The molecule has 0 saturated carbocycles. The molecular weight excluding hydrogens is 282 g/mol. The Labute approximate surface area is 137 Å². The fraction of sp³-hybridized carbons (Fsp3) is 0.381. The topological polar surface area (TPSA) is 20.3 Å². The molecule has 0 radical (unpaired) electrons. The number of carbonyl (C=O) groups excluding carboxylic acids is 1. The second kappa shape index (κ2) is 4.78. The van der Waals surface area contributed by atoms with Crippen molar-refractivity contribution in [3.63, 3.8) is 0 Å². The van der Waals surface area contributed by atoms with Crippen molar-refractivity contribution in [2.45, 2.75) is 30.6 Å². The van der Waals surface area contributed by atoms with Crippen LogP contribution in [0.2, 0.25) is 0 Å². The molecule has 0 N–H and O–H groups in total. The van der Waals surface area contributed by atoms with E-state index in [-0.39, 0.29) is 5.41 Å². The summed E-state index contributed by atoms with van der Waals surface area (Å²) in [5.41, 5.74) is 6.25. The Morgan fingerprint density at radius 1 is 0.913 bits per heavy atom. The number of ketones is 1. The number of fused-ring (bicyclic) bond motifs is 8. The van der Waals surface area contributed by atoms with Crippen LogP contribution in [0.5, 0.6) is 0 Å². The van der Waals surface area contributed by atoms with Crippen LogP contribution >= 0.6 is 0 Å². The molecule has 23 heavy (non-hydrogen) atoms. The average molecular weight is 303 g/mol. The number of likely N-dealkylation sites (tertiary alicyclic amines) is 1. The number of hydrogen-bond donors (Lipinski definition) is 0. The summed E-state index contributed by atoms with van der Waals surface area (Å²) < 4.78 is 0. The van der Waals surface area contributed by atoms with Gasteiger partial charge in [-0.3, -0.25) is 4.79 Å². The first kappa shape index (κ1) is 13.5. The third-order valence-corrected chi connectivity index (χ3v) is 6.16. The molecule has 2 nitrogen and oxygen atoms in total. The van der Waals surface area contributed by atoms with E-state index in [1.165, 1.54) is 28.7 Å². The van der Waals surface area contributed by atoms with Crippen molar-refractivity contribution in [3.8, 4) is 0 Å². The number of benzene rings is 2. The summed E-state index contributed by atoms with van der Waals surface area (Å²) in [4.78, 5) is 14.1. The minimum atomic E-state index is 0.137. The van der Waals surface area contributed by atoms with Crippen LogP contribution in [-0.2, 0) is 10.2 Å². The van der Waals surface area contributed by atoms with Crippen molar-refractivity contribution in [2.24, 2.45) is 0 Å². The van der Waals surface area contributed by atoms with Crippen LogP contribution in [0.15, 0.2) is 48.5 Å². The summed E-state index contributed by atoms with van der Waals surface area (Å²) in [5, 5.41) is 0. The molecular formula is C21H21NO. The van der Waals surface area contributed by atoms with Gasteiger partial charge in [0.2, 0.25) is 0 Å². The van der Waals surface area contributed by atoms with Gasteiger partial charge in [-0.2, -0.15) is 0 Å². The molecule has 0 unspecified atom stereocenters. The Balaban J connectivity index is 1.60. The summed E-state index contributed by atoms with van der Waals surface area (Å²) in [6.45, 7) is 2.91. The molecule has 3 aliphatic rings. The molecule has 116 valence electrons. The maximum Gasteiger partial charge on any atom is 0.135 e. The Morgan fingerprint density at radius 3 is 2.09 bits per heavy atom. The molecule has 0 spiro atoms. The van der Waals surface area contributed by atoms with Gasteiger partial charge in [-0.15, -0.1) is 0 Å². The van der Waals surface area contributed by atoms with E-state index in [0.717, 1.165) is 32.5 Å². The van der Waals surface area contributed by atoms with Crippen LogP contribution in [0.4, 0.5) is 0 Å². The van der Waals surface area contributed by atoms with Gasteiger partial charge in [0.05, 0.1) is 0 Å². The number of carbonyl (C=O) groups is 1. The zero-order valence-corrected chi connectivity index (χ0v) is 13.3. The van der Waals surface area contributed by atoms with Crippen molar-refractivity contribution >= 4 is 5.78 Å². The SMILES string of the molecule is O=C1CCN(CC23CC(c4ccccc42)c2ccccc23)CC1. The second-order valence-corrected chi connectivity index (χ2v) is 7.33. The summed E-state index contributed by atoms with van der Waals surface area (Å²) >= 11 is 0. The number of piperidine rings is 1. The molecule has 5 rings (SSSR count). The van der Waals surface area contributed by atoms with Crippen molar-refractivity contribution in [1.82, 2.24) is 4.90 Å². The van der Waals surface area contributed by atoms with Gasteiger partial charge in [0, 0.05) is 43.8 Å². The molecule has 0 aromatic heterocycles. The molecule has 2 aliphatic carbocycles. The van der Waals surface area contributed by atoms with Crippen molar-refractivity contribution in [1.29, 1.82) is 0 Å². The molecule has 1 fully saturated rings. The van der Waals surface area contributed by atoms with Crippen LogP contribution in [0.1, 0.15) is 47.4 Å². The lowest BCUT2D eigenvalue weighted by atomic mass is 9.74. The van der Waals surface area contributed by atoms with Crippen LogP contribution in [0.25, 0.3) is 0 Å². The maximum absolute atomic E-state index is 11.6. The van der Waals surface area contributed by atoms with Gasteiger partial charge in [-0.1, -0.05) is 48.5 Å². The standard InChI is InChI=1S/C21H21NO/c23-15-9-11-22(12-10-15)14-21-13-18(16-5-1-3-7-19(16)21)17-6-2-4-8-20(17)21/h1-8,18H,9-14H2. The van der Waals surface area contributed by atoms with E-state index >= 15 is 0 Å². The predicted octanol–water partition coefficient (Wildman–Crippen LogP) is 3.49. The largest absolute Gasteiger partial charge is 0.301 e. The van der Waals surface area contributed by atoms with E-state index in [9.17, 15) is 4.79 Å². The fourth-order valence-corrected chi connectivity index (χ4v) is 5.15. The maximum atomic E-state index is 11.6.